The van der Waals surface area contributed by atoms with E-state index in [-0.39, 0.29) is 0 Å². The summed E-state index contributed by atoms with van der Waals surface area (Å²) in [6.07, 6.45) is 4.38. The Morgan fingerprint density at radius 3 is 1.75 bits per heavy atom. The van der Waals surface area contributed by atoms with Crippen molar-refractivity contribution in [3.63, 3.8) is 0 Å². The van der Waals surface area contributed by atoms with Crippen molar-refractivity contribution < 1.29 is 4.42 Å². The molecule has 0 spiro atoms. The summed E-state index contributed by atoms with van der Waals surface area (Å²) in [4.78, 5) is 15.0. The smallest absolute Gasteiger partial charge is 0.164 e. The summed E-state index contributed by atoms with van der Waals surface area (Å²) in [5, 5.41) is 4.39. The van der Waals surface area contributed by atoms with Gasteiger partial charge in [-0.05, 0) is 47.5 Å². The van der Waals surface area contributed by atoms with Crippen LogP contribution in [0.1, 0.15) is 17.0 Å². The fraction of sp³-hybridized carbons (Fsp3) is 0. The average molecular weight is 719 g/mol. The molecule has 0 unspecified atom stereocenters. The Morgan fingerprint density at radius 1 is 0.500 bits per heavy atom. The van der Waals surface area contributed by atoms with Crippen LogP contribution in [0.2, 0.25) is 0 Å². The van der Waals surface area contributed by atoms with E-state index >= 15 is 0 Å². The lowest BCUT2D eigenvalue weighted by atomic mass is 9.97. The third-order valence-electron chi connectivity index (χ3n) is 10.2. The van der Waals surface area contributed by atoms with Crippen molar-refractivity contribution in [2.75, 3.05) is 0 Å². The van der Waals surface area contributed by atoms with Crippen LogP contribution in [0.4, 0.5) is 0 Å². The van der Waals surface area contributed by atoms with E-state index in [1.807, 2.05) is 84.9 Å². The molecule has 0 aliphatic rings. The fourth-order valence-corrected chi connectivity index (χ4v) is 7.53. The van der Waals surface area contributed by atoms with Gasteiger partial charge in [0.05, 0.1) is 16.7 Å². The van der Waals surface area contributed by atoms with E-state index in [0.29, 0.717) is 23.0 Å². The Balaban J connectivity index is 1.25. The van der Waals surface area contributed by atoms with Gasteiger partial charge in [-0.1, -0.05) is 164 Å². The summed E-state index contributed by atoms with van der Waals surface area (Å²) < 4.78 is 8.79. The largest absolute Gasteiger partial charge is 0.456 e. The molecule has 7 aromatic carbocycles. The van der Waals surface area contributed by atoms with E-state index in [1.165, 1.54) is 0 Å². The monoisotopic (exact) mass is 718 g/mol. The topological polar surface area (TPSA) is 56.7 Å². The number of rotatable bonds is 8. The highest BCUT2D eigenvalue weighted by Gasteiger charge is 2.21. The standard InChI is InChI=1S/C51H34N4O/c1-34(49-52-50(37-22-10-4-11-23-37)54-51(53-49)38-24-12-5-13-25-38)30-41(36-20-8-3-9-21-36)45(31-35-18-6-2-7-19-35)55-44-28-16-14-26-39(44)42-33-48-43(32-46(42)55)40-27-15-17-29-47(40)56-48/h2-33H,1H2/b41-30-,45-31-. The number of benzene rings is 7. The van der Waals surface area contributed by atoms with Gasteiger partial charge in [-0.3, -0.25) is 0 Å². The Labute approximate surface area is 323 Å². The first-order chi connectivity index (χ1) is 27.7. The number of nitrogens with zero attached hydrogens (tertiary/aromatic N) is 4. The summed E-state index contributed by atoms with van der Waals surface area (Å²) in [6, 6.07) is 62.3. The van der Waals surface area contributed by atoms with Crippen LogP contribution < -0.4 is 0 Å². The van der Waals surface area contributed by atoms with E-state index in [2.05, 4.69) is 120 Å². The number of para-hydroxylation sites is 2. The normalized spacial score (nSPS) is 12.2. The summed E-state index contributed by atoms with van der Waals surface area (Å²) in [7, 11) is 0. The minimum atomic E-state index is 0.499. The molecule has 10 rings (SSSR count). The molecule has 10 aromatic rings. The number of allylic oxidation sites excluding steroid dienone is 4. The number of fused-ring (bicyclic) bond motifs is 6. The molecule has 0 amide bonds. The molecule has 0 saturated carbocycles. The quantitative estimate of drug-likeness (QED) is 0.147. The molecule has 0 saturated heterocycles. The number of aromatic nitrogens is 4. The van der Waals surface area contributed by atoms with Crippen LogP contribution in [0.25, 0.3) is 89.4 Å². The molecule has 0 radical (unpaired) electrons. The Bertz CT molecular complexity index is 3070. The maximum atomic E-state index is 6.41. The Kier molecular flexibility index (Phi) is 8.23. The van der Waals surface area contributed by atoms with Gasteiger partial charge in [0.15, 0.2) is 17.5 Å². The van der Waals surface area contributed by atoms with Gasteiger partial charge < -0.3 is 8.98 Å². The SMILES string of the molecule is C=C(/C=C(\C(=C\c1ccccc1)n1c2ccccc2c2cc3oc4ccccc4c3cc21)c1ccccc1)c1nc(-c2ccccc2)nc(-c2ccccc2)n1. The van der Waals surface area contributed by atoms with Gasteiger partial charge in [-0.25, -0.2) is 15.0 Å². The van der Waals surface area contributed by atoms with Gasteiger partial charge in [0.25, 0.3) is 0 Å². The molecular weight excluding hydrogens is 685 g/mol. The van der Waals surface area contributed by atoms with Crippen LogP contribution in [0.3, 0.4) is 0 Å². The second-order valence-corrected chi connectivity index (χ2v) is 13.7. The van der Waals surface area contributed by atoms with Crippen molar-refractivity contribution >= 4 is 66.7 Å². The van der Waals surface area contributed by atoms with Gasteiger partial charge in [-0.15, -0.1) is 0 Å². The minimum Gasteiger partial charge on any atom is -0.456 e. The van der Waals surface area contributed by atoms with Crippen LogP contribution >= 0.6 is 0 Å². The predicted octanol–water partition coefficient (Wildman–Crippen LogP) is 13.0. The lowest BCUT2D eigenvalue weighted by Gasteiger charge is -2.18. The van der Waals surface area contributed by atoms with Crippen molar-refractivity contribution in [2.24, 2.45) is 0 Å². The first-order valence-electron chi connectivity index (χ1n) is 18.6. The van der Waals surface area contributed by atoms with E-state index in [0.717, 1.165) is 77.3 Å². The third-order valence-corrected chi connectivity index (χ3v) is 10.2. The van der Waals surface area contributed by atoms with Crippen LogP contribution in [0.5, 0.6) is 0 Å². The Hall–Kier alpha value is -7.63. The van der Waals surface area contributed by atoms with E-state index in [9.17, 15) is 0 Å². The summed E-state index contributed by atoms with van der Waals surface area (Å²) in [5.41, 5.74) is 10.4. The molecule has 0 atom stereocenters. The van der Waals surface area contributed by atoms with Crippen molar-refractivity contribution in [3.8, 4) is 22.8 Å². The van der Waals surface area contributed by atoms with Crippen LogP contribution in [0.15, 0.2) is 199 Å². The number of hydrogen-bond acceptors (Lipinski definition) is 4. The molecule has 3 heterocycles. The molecule has 264 valence electrons. The summed E-state index contributed by atoms with van der Waals surface area (Å²) in [5.74, 6) is 1.67. The van der Waals surface area contributed by atoms with Gasteiger partial charge in [0.1, 0.15) is 11.2 Å². The van der Waals surface area contributed by atoms with E-state index in [1.54, 1.807) is 0 Å². The first-order valence-corrected chi connectivity index (χ1v) is 18.6. The molecule has 0 bridgehead atoms. The number of hydrogen-bond donors (Lipinski definition) is 0. The van der Waals surface area contributed by atoms with Crippen molar-refractivity contribution in [1.29, 1.82) is 0 Å². The number of furan rings is 1. The zero-order chi connectivity index (χ0) is 37.4. The minimum absolute atomic E-state index is 0.499. The molecule has 56 heavy (non-hydrogen) atoms. The molecule has 0 fully saturated rings. The lowest BCUT2D eigenvalue weighted by Crippen LogP contribution is -2.04. The highest BCUT2D eigenvalue weighted by Crippen LogP contribution is 2.42. The second kappa shape index (κ2) is 14.0. The molecule has 3 aromatic heterocycles. The van der Waals surface area contributed by atoms with Crippen LogP contribution in [-0.4, -0.2) is 19.5 Å². The molecule has 0 aliphatic carbocycles. The second-order valence-electron chi connectivity index (χ2n) is 13.7. The predicted molar refractivity (Wildman–Crippen MR) is 231 cm³/mol. The van der Waals surface area contributed by atoms with E-state index in [4.69, 9.17) is 19.4 Å². The first kappa shape index (κ1) is 33.0. The summed E-state index contributed by atoms with van der Waals surface area (Å²) in [6.45, 7) is 4.65. The average Bonchev–Trinajstić information content (AvgIpc) is 3.79. The molecule has 0 aliphatic heterocycles. The maximum absolute atomic E-state index is 6.41. The van der Waals surface area contributed by atoms with E-state index < -0.39 is 0 Å². The molecule has 5 nitrogen and oxygen atoms in total. The van der Waals surface area contributed by atoms with Gasteiger partial charge in [-0.2, -0.15) is 0 Å². The lowest BCUT2D eigenvalue weighted by molar-refractivity contribution is 0.669. The van der Waals surface area contributed by atoms with Gasteiger partial charge in [0.2, 0.25) is 0 Å². The van der Waals surface area contributed by atoms with Crippen LogP contribution in [-0.2, 0) is 0 Å². The van der Waals surface area contributed by atoms with Gasteiger partial charge >= 0.3 is 0 Å². The molecule has 0 N–H and O–H groups in total. The zero-order valence-electron chi connectivity index (χ0n) is 30.4. The fourth-order valence-electron chi connectivity index (χ4n) is 7.53. The highest BCUT2D eigenvalue weighted by atomic mass is 16.3. The summed E-state index contributed by atoms with van der Waals surface area (Å²) >= 11 is 0. The Morgan fingerprint density at radius 2 is 1.07 bits per heavy atom. The van der Waals surface area contributed by atoms with Crippen molar-refractivity contribution in [1.82, 2.24) is 19.5 Å². The third kappa shape index (κ3) is 5.98. The van der Waals surface area contributed by atoms with Crippen molar-refractivity contribution in [2.45, 2.75) is 0 Å². The zero-order valence-corrected chi connectivity index (χ0v) is 30.4. The maximum Gasteiger partial charge on any atom is 0.164 e. The van der Waals surface area contributed by atoms with Crippen LogP contribution in [0, 0.1) is 0 Å². The molecular formula is C51H34N4O. The van der Waals surface area contributed by atoms with Crippen molar-refractivity contribution in [3.05, 3.63) is 212 Å². The van der Waals surface area contributed by atoms with Gasteiger partial charge in [0, 0.05) is 43.8 Å². The highest BCUT2D eigenvalue weighted by molar-refractivity contribution is 6.21. The molecule has 5 heteroatoms.